The third-order valence-corrected chi connectivity index (χ3v) is 5.73. The first-order valence-electron chi connectivity index (χ1n) is 8.38. The number of hydrogen-bond acceptors (Lipinski definition) is 2. The van der Waals surface area contributed by atoms with Crippen molar-refractivity contribution >= 4 is 50.2 Å². The molecule has 132 valence electrons. The summed E-state index contributed by atoms with van der Waals surface area (Å²) in [5.74, 6) is 0. The molecule has 0 unspecified atom stereocenters. The molecule has 4 heteroatoms. The summed E-state index contributed by atoms with van der Waals surface area (Å²) in [4.78, 5) is 2.12. The summed E-state index contributed by atoms with van der Waals surface area (Å²) in [6, 6.07) is 21.7. The van der Waals surface area contributed by atoms with Crippen molar-refractivity contribution in [3.8, 4) is 0 Å². The third-order valence-electron chi connectivity index (χ3n) is 4.56. The van der Waals surface area contributed by atoms with Gasteiger partial charge >= 0.3 is 0 Å². The molecule has 0 spiro atoms. The Hall–Kier alpha value is -1.92. The summed E-state index contributed by atoms with van der Waals surface area (Å²) in [7, 11) is 6.26. The lowest BCUT2D eigenvalue weighted by atomic mass is 10.1. The minimum atomic E-state index is 0. The van der Waals surface area contributed by atoms with Gasteiger partial charge in [-0.2, -0.15) is 4.57 Å². The molecule has 1 aromatic heterocycles. The van der Waals surface area contributed by atoms with Gasteiger partial charge in [0.15, 0.2) is 0 Å². The second-order valence-electron chi connectivity index (χ2n) is 6.49. The molecule has 1 heterocycles. The summed E-state index contributed by atoms with van der Waals surface area (Å²) in [6.45, 7) is 0. The average molecular weight is 472 g/mol. The molecule has 0 aliphatic heterocycles. The maximum absolute atomic E-state index is 2.29. The van der Waals surface area contributed by atoms with Gasteiger partial charge in [-0.3, -0.25) is 0 Å². The minimum Gasteiger partial charge on any atom is -1.00 e. The van der Waals surface area contributed by atoms with Gasteiger partial charge in [0.1, 0.15) is 11.7 Å². The Kier molecular flexibility index (Phi) is 5.63. The van der Waals surface area contributed by atoms with Gasteiger partial charge in [-0.15, -0.1) is 0 Å². The van der Waals surface area contributed by atoms with E-state index in [4.69, 9.17) is 0 Å². The molecule has 0 amide bonds. The molecule has 0 atom stereocenters. The van der Waals surface area contributed by atoms with Gasteiger partial charge in [0.05, 0.1) is 0 Å². The fourth-order valence-corrected chi connectivity index (χ4v) is 4.13. The van der Waals surface area contributed by atoms with E-state index in [1.54, 1.807) is 0 Å². The number of aromatic nitrogens is 1. The van der Waals surface area contributed by atoms with Gasteiger partial charge < -0.3 is 28.9 Å². The van der Waals surface area contributed by atoms with Gasteiger partial charge in [-0.1, -0.05) is 47.7 Å². The zero-order valence-electron chi connectivity index (χ0n) is 15.1. The first-order valence-corrected chi connectivity index (χ1v) is 9.20. The van der Waals surface area contributed by atoms with Crippen LogP contribution in [0, 0.1) is 0 Å². The van der Waals surface area contributed by atoms with E-state index in [0.29, 0.717) is 0 Å². The lowest BCUT2D eigenvalue weighted by molar-refractivity contribution is -0.642. The van der Waals surface area contributed by atoms with Crippen LogP contribution in [0.4, 0.5) is 5.69 Å². The number of nitrogens with zero attached hydrogens (tertiary/aromatic N) is 2. The molecule has 26 heavy (non-hydrogen) atoms. The molecular formula is C22H21IN2S. The quantitative estimate of drug-likeness (QED) is 0.328. The smallest absolute Gasteiger partial charge is 0.262 e. The van der Waals surface area contributed by atoms with Crippen molar-refractivity contribution in [3.63, 3.8) is 0 Å². The van der Waals surface area contributed by atoms with Crippen LogP contribution in [0.25, 0.3) is 33.1 Å². The molecule has 4 rings (SSSR count). The fraction of sp³-hybridized carbons (Fsp3) is 0.136. The topological polar surface area (TPSA) is 7.12 Å². The van der Waals surface area contributed by atoms with Crippen molar-refractivity contribution in [2.75, 3.05) is 19.0 Å². The van der Waals surface area contributed by atoms with Gasteiger partial charge in [0.25, 0.3) is 5.01 Å². The zero-order valence-corrected chi connectivity index (χ0v) is 18.1. The molecule has 0 saturated carbocycles. The second kappa shape index (κ2) is 7.76. The Morgan fingerprint density at radius 2 is 1.54 bits per heavy atom. The molecule has 3 aromatic carbocycles. The number of rotatable bonds is 3. The van der Waals surface area contributed by atoms with E-state index in [9.17, 15) is 0 Å². The first kappa shape index (κ1) is 18.9. The normalized spacial score (nSPS) is 11.2. The highest BCUT2D eigenvalue weighted by atomic mass is 127. The Balaban J connectivity index is 0.00000196. The molecule has 2 nitrogen and oxygen atoms in total. The van der Waals surface area contributed by atoms with Crippen LogP contribution < -0.4 is 33.4 Å². The van der Waals surface area contributed by atoms with E-state index in [1.165, 1.54) is 37.2 Å². The Morgan fingerprint density at radius 3 is 2.19 bits per heavy atom. The van der Waals surface area contributed by atoms with Crippen LogP contribution >= 0.6 is 11.3 Å². The summed E-state index contributed by atoms with van der Waals surface area (Å²) < 4.78 is 3.60. The Bertz CT molecular complexity index is 1080. The summed E-state index contributed by atoms with van der Waals surface area (Å²) in [5, 5.41) is 3.84. The number of aryl methyl sites for hydroxylation is 1. The van der Waals surface area contributed by atoms with Crippen molar-refractivity contribution in [2.45, 2.75) is 0 Å². The number of hydrogen-bond donors (Lipinski definition) is 0. The lowest BCUT2D eigenvalue weighted by Gasteiger charge is -2.11. The van der Waals surface area contributed by atoms with Crippen molar-refractivity contribution in [2.24, 2.45) is 7.05 Å². The van der Waals surface area contributed by atoms with Crippen LogP contribution in [-0.2, 0) is 7.05 Å². The molecule has 0 saturated heterocycles. The van der Waals surface area contributed by atoms with Gasteiger partial charge in [0, 0.05) is 31.9 Å². The number of thiazole rings is 1. The van der Waals surface area contributed by atoms with Crippen LogP contribution in [0.3, 0.4) is 0 Å². The average Bonchev–Trinajstić information content (AvgIpc) is 2.93. The van der Waals surface area contributed by atoms with E-state index in [2.05, 4.69) is 103 Å². The highest BCUT2D eigenvalue weighted by Crippen LogP contribution is 2.27. The Labute approximate surface area is 175 Å². The van der Waals surface area contributed by atoms with E-state index in [0.717, 1.165) is 0 Å². The van der Waals surface area contributed by atoms with Crippen LogP contribution in [-0.4, -0.2) is 14.1 Å². The van der Waals surface area contributed by atoms with E-state index in [1.807, 2.05) is 11.3 Å². The minimum absolute atomic E-state index is 0. The second-order valence-corrected chi connectivity index (χ2v) is 7.55. The first-order chi connectivity index (χ1) is 12.1. The Morgan fingerprint density at radius 1 is 0.885 bits per heavy atom. The van der Waals surface area contributed by atoms with Gasteiger partial charge in [0.2, 0.25) is 5.52 Å². The van der Waals surface area contributed by atoms with Crippen LogP contribution in [0.15, 0.2) is 60.7 Å². The summed E-state index contributed by atoms with van der Waals surface area (Å²) in [5.41, 5.74) is 3.72. The molecule has 0 bridgehead atoms. The van der Waals surface area contributed by atoms with Crippen LogP contribution in [0.2, 0.25) is 0 Å². The van der Waals surface area contributed by atoms with Gasteiger partial charge in [-0.25, -0.2) is 0 Å². The standard InChI is InChI=1S/C22H21N2S.HI/c1-23(2)19-11-8-16(9-12-19)10-13-22-24(3)20-14-17-6-4-5-7-18(17)15-21(20)25-22;/h4-15H,1-3H3;1H/q+1;/p-1. The van der Waals surface area contributed by atoms with Crippen molar-refractivity contribution in [1.82, 2.24) is 0 Å². The zero-order chi connectivity index (χ0) is 17.4. The van der Waals surface area contributed by atoms with Crippen LogP contribution in [0.5, 0.6) is 0 Å². The molecule has 0 fully saturated rings. The third kappa shape index (κ3) is 3.62. The largest absolute Gasteiger partial charge is 1.00 e. The van der Waals surface area contributed by atoms with E-state index >= 15 is 0 Å². The van der Waals surface area contributed by atoms with Crippen molar-refractivity contribution in [1.29, 1.82) is 0 Å². The number of anilines is 1. The number of benzene rings is 3. The lowest BCUT2D eigenvalue weighted by Crippen LogP contribution is -3.00. The van der Waals surface area contributed by atoms with E-state index in [-0.39, 0.29) is 24.0 Å². The highest BCUT2D eigenvalue weighted by molar-refractivity contribution is 7.19. The van der Waals surface area contributed by atoms with Crippen molar-refractivity contribution in [3.05, 3.63) is 71.2 Å². The SMILES string of the molecule is CN(C)c1ccc(C=Cc2sc3cc4ccccc4cc3[n+]2C)cc1.[I-]. The molecule has 0 radical (unpaired) electrons. The van der Waals surface area contributed by atoms with Crippen LogP contribution in [0.1, 0.15) is 10.6 Å². The molecule has 4 aromatic rings. The predicted molar refractivity (Wildman–Crippen MR) is 110 cm³/mol. The number of fused-ring (bicyclic) bond motifs is 2. The summed E-state index contributed by atoms with van der Waals surface area (Å²) in [6.07, 6.45) is 4.39. The maximum Gasteiger partial charge on any atom is 0.262 e. The molecule has 0 aliphatic rings. The molecular weight excluding hydrogens is 451 g/mol. The maximum atomic E-state index is 2.29. The van der Waals surface area contributed by atoms with Gasteiger partial charge in [-0.05, 0) is 40.6 Å². The fourth-order valence-electron chi connectivity index (χ4n) is 3.05. The molecule has 0 aliphatic carbocycles. The monoisotopic (exact) mass is 472 g/mol. The number of halogens is 1. The predicted octanol–water partition coefficient (Wildman–Crippen LogP) is 2.12. The van der Waals surface area contributed by atoms with Crippen molar-refractivity contribution < 1.29 is 28.5 Å². The van der Waals surface area contributed by atoms with E-state index < -0.39 is 0 Å². The summed E-state index contributed by atoms with van der Waals surface area (Å²) >= 11 is 1.83. The molecule has 0 N–H and O–H groups in total. The highest BCUT2D eigenvalue weighted by Gasteiger charge is 2.15.